The van der Waals surface area contributed by atoms with Crippen LogP contribution in [-0.2, 0) is 9.59 Å². The Morgan fingerprint density at radius 1 is 1.23 bits per heavy atom. The van der Waals surface area contributed by atoms with Gasteiger partial charge in [0.25, 0.3) is 0 Å². The van der Waals surface area contributed by atoms with Gasteiger partial charge in [-0.2, -0.15) is 0 Å². The molecule has 0 spiro atoms. The molecular formula is C17H16N2O2S. The van der Waals surface area contributed by atoms with Gasteiger partial charge >= 0.3 is 0 Å². The standard InChI is InChI=1S/C17H16N2O2S/c1-11-5-4-6-12(9-11)18-16(20)10-15-17(21)19-13-7-2-3-8-14(13)22-15/h2-9,15H,10H2,1H3,(H,18,20)(H,19,21). The van der Waals surface area contributed by atoms with Crippen molar-refractivity contribution in [3.8, 4) is 0 Å². The van der Waals surface area contributed by atoms with Crippen LogP contribution in [0.15, 0.2) is 53.4 Å². The Bertz CT molecular complexity index is 730. The molecule has 1 unspecified atom stereocenters. The van der Waals surface area contributed by atoms with Crippen LogP contribution in [0, 0.1) is 6.92 Å². The lowest BCUT2D eigenvalue weighted by atomic mass is 10.2. The summed E-state index contributed by atoms with van der Waals surface area (Å²) in [5, 5.41) is 5.29. The second kappa shape index (κ2) is 6.23. The number of fused-ring (bicyclic) bond motifs is 1. The number of hydrogen-bond donors (Lipinski definition) is 2. The van der Waals surface area contributed by atoms with Gasteiger partial charge in [-0.05, 0) is 36.8 Å². The molecule has 2 aromatic carbocycles. The minimum Gasteiger partial charge on any atom is -0.326 e. The smallest absolute Gasteiger partial charge is 0.238 e. The molecule has 3 rings (SSSR count). The number of amides is 2. The van der Waals surface area contributed by atoms with Crippen molar-refractivity contribution in [3.63, 3.8) is 0 Å². The van der Waals surface area contributed by atoms with Gasteiger partial charge in [0.2, 0.25) is 11.8 Å². The highest BCUT2D eigenvalue weighted by Crippen LogP contribution is 2.36. The Hall–Kier alpha value is -2.27. The molecule has 0 bridgehead atoms. The van der Waals surface area contributed by atoms with Crippen molar-refractivity contribution in [3.05, 3.63) is 54.1 Å². The molecule has 4 nitrogen and oxygen atoms in total. The monoisotopic (exact) mass is 312 g/mol. The van der Waals surface area contributed by atoms with Crippen molar-refractivity contribution in [2.24, 2.45) is 0 Å². The molecule has 1 atom stereocenters. The van der Waals surface area contributed by atoms with Crippen LogP contribution in [0.25, 0.3) is 0 Å². The molecule has 5 heteroatoms. The molecule has 0 aliphatic carbocycles. The van der Waals surface area contributed by atoms with Gasteiger partial charge in [-0.15, -0.1) is 11.8 Å². The van der Waals surface area contributed by atoms with Crippen molar-refractivity contribution in [2.45, 2.75) is 23.5 Å². The Balaban J connectivity index is 1.66. The van der Waals surface area contributed by atoms with Crippen molar-refractivity contribution >= 4 is 35.0 Å². The normalized spacial score (nSPS) is 16.6. The average Bonchev–Trinajstić information content (AvgIpc) is 2.48. The van der Waals surface area contributed by atoms with Gasteiger partial charge in [-0.25, -0.2) is 0 Å². The summed E-state index contributed by atoms with van der Waals surface area (Å²) >= 11 is 1.43. The summed E-state index contributed by atoms with van der Waals surface area (Å²) in [6.45, 7) is 1.97. The number of aryl methyl sites for hydroxylation is 1. The van der Waals surface area contributed by atoms with E-state index in [4.69, 9.17) is 0 Å². The number of hydrogen-bond acceptors (Lipinski definition) is 3. The Morgan fingerprint density at radius 2 is 2.05 bits per heavy atom. The lowest BCUT2D eigenvalue weighted by Gasteiger charge is -2.23. The van der Waals surface area contributed by atoms with Crippen molar-refractivity contribution in [1.29, 1.82) is 0 Å². The third-order valence-electron chi connectivity index (χ3n) is 3.38. The number of carbonyl (C=O) groups excluding carboxylic acids is 2. The fraction of sp³-hybridized carbons (Fsp3) is 0.176. The summed E-state index contributed by atoms with van der Waals surface area (Å²) in [7, 11) is 0. The molecule has 2 N–H and O–H groups in total. The average molecular weight is 312 g/mol. The minimum atomic E-state index is -0.403. The zero-order valence-electron chi connectivity index (χ0n) is 12.1. The molecule has 1 aliphatic heterocycles. The van der Waals surface area contributed by atoms with Gasteiger partial charge in [-0.3, -0.25) is 9.59 Å². The van der Waals surface area contributed by atoms with Gasteiger partial charge in [0, 0.05) is 17.0 Å². The predicted octanol–water partition coefficient (Wildman–Crippen LogP) is 3.44. The third-order valence-corrected chi connectivity index (χ3v) is 4.65. The Morgan fingerprint density at radius 3 is 2.86 bits per heavy atom. The zero-order valence-corrected chi connectivity index (χ0v) is 12.9. The van der Waals surface area contributed by atoms with Gasteiger partial charge in [0.15, 0.2) is 0 Å². The fourth-order valence-electron chi connectivity index (χ4n) is 2.33. The molecule has 1 aliphatic rings. The summed E-state index contributed by atoms with van der Waals surface area (Å²) < 4.78 is 0. The summed E-state index contributed by atoms with van der Waals surface area (Å²) in [6, 6.07) is 15.2. The number of benzene rings is 2. The maximum atomic E-state index is 12.1. The number of rotatable bonds is 3. The van der Waals surface area contributed by atoms with E-state index in [1.807, 2.05) is 55.5 Å². The van der Waals surface area contributed by atoms with Crippen LogP contribution < -0.4 is 10.6 Å². The number of carbonyl (C=O) groups is 2. The molecule has 0 saturated heterocycles. The van der Waals surface area contributed by atoms with E-state index >= 15 is 0 Å². The quantitative estimate of drug-likeness (QED) is 0.913. The fourth-order valence-corrected chi connectivity index (χ4v) is 3.44. The lowest BCUT2D eigenvalue weighted by molar-refractivity contribution is -0.120. The third kappa shape index (κ3) is 3.31. The summed E-state index contributed by atoms with van der Waals surface area (Å²) in [5.41, 5.74) is 2.65. The maximum Gasteiger partial charge on any atom is 0.238 e. The highest BCUT2D eigenvalue weighted by Gasteiger charge is 2.28. The van der Waals surface area contributed by atoms with E-state index in [1.54, 1.807) is 0 Å². The van der Waals surface area contributed by atoms with E-state index in [0.717, 1.165) is 21.8 Å². The minimum absolute atomic E-state index is 0.122. The zero-order chi connectivity index (χ0) is 15.5. The number of nitrogens with one attached hydrogen (secondary N) is 2. The van der Waals surface area contributed by atoms with Crippen LogP contribution >= 0.6 is 11.8 Å². The molecule has 0 saturated carbocycles. The molecule has 2 aromatic rings. The molecule has 0 radical (unpaired) electrons. The second-order valence-corrected chi connectivity index (χ2v) is 6.46. The number of thioether (sulfide) groups is 1. The first-order chi connectivity index (χ1) is 10.6. The highest BCUT2D eigenvalue weighted by atomic mass is 32.2. The first kappa shape index (κ1) is 14.7. The summed E-state index contributed by atoms with van der Waals surface area (Å²) in [6.07, 6.45) is 0.152. The number of para-hydroxylation sites is 1. The van der Waals surface area contributed by atoms with Crippen LogP contribution in [0.3, 0.4) is 0 Å². The molecule has 0 aromatic heterocycles. The van der Waals surface area contributed by atoms with E-state index in [1.165, 1.54) is 11.8 Å². The van der Waals surface area contributed by atoms with Gasteiger partial charge in [0.05, 0.1) is 10.9 Å². The highest BCUT2D eigenvalue weighted by molar-refractivity contribution is 8.01. The van der Waals surface area contributed by atoms with E-state index in [2.05, 4.69) is 10.6 Å². The largest absolute Gasteiger partial charge is 0.326 e. The Labute approximate surface area is 133 Å². The maximum absolute atomic E-state index is 12.1. The van der Waals surface area contributed by atoms with Gasteiger partial charge in [0.1, 0.15) is 0 Å². The van der Waals surface area contributed by atoms with Gasteiger partial charge in [-0.1, -0.05) is 24.3 Å². The van der Waals surface area contributed by atoms with E-state index < -0.39 is 5.25 Å². The van der Waals surface area contributed by atoms with Crippen LogP contribution in [0.5, 0.6) is 0 Å². The number of anilines is 2. The second-order valence-electron chi connectivity index (χ2n) is 5.21. The van der Waals surface area contributed by atoms with E-state index in [9.17, 15) is 9.59 Å². The molecule has 112 valence electrons. The van der Waals surface area contributed by atoms with Crippen molar-refractivity contribution in [1.82, 2.24) is 0 Å². The molecule has 0 fully saturated rings. The van der Waals surface area contributed by atoms with E-state index in [-0.39, 0.29) is 18.2 Å². The SMILES string of the molecule is Cc1cccc(NC(=O)CC2Sc3ccccc3NC2=O)c1. The molecular weight excluding hydrogens is 296 g/mol. The Kier molecular flexibility index (Phi) is 4.15. The first-order valence-electron chi connectivity index (χ1n) is 7.05. The van der Waals surface area contributed by atoms with Crippen molar-refractivity contribution < 1.29 is 9.59 Å². The topological polar surface area (TPSA) is 58.2 Å². The lowest BCUT2D eigenvalue weighted by Crippen LogP contribution is -2.32. The summed E-state index contributed by atoms with van der Waals surface area (Å²) in [5.74, 6) is -0.277. The van der Waals surface area contributed by atoms with E-state index in [0.29, 0.717) is 0 Å². The van der Waals surface area contributed by atoms with Crippen LogP contribution in [0.2, 0.25) is 0 Å². The van der Waals surface area contributed by atoms with Crippen LogP contribution in [0.1, 0.15) is 12.0 Å². The van der Waals surface area contributed by atoms with Crippen LogP contribution in [-0.4, -0.2) is 17.1 Å². The van der Waals surface area contributed by atoms with Gasteiger partial charge < -0.3 is 10.6 Å². The molecule has 1 heterocycles. The summed E-state index contributed by atoms with van der Waals surface area (Å²) in [4.78, 5) is 25.2. The molecule has 22 heavy (non-hydrogen) atoms. The predicted molar refractivity (Wildman–Crippen MR) is 89.1 cm³/mol. The van der Waals surface area contributed by atoms with Crippen LogP contribution in [0.4, 0.5) is 11.4 Å². The van der Waals surface area contributed by atoms with Crippen molar-refractivity contribution in [2.75, 3.05) is 10.6 Å². The molecule has 2 amide bonds. The first-order valence-corrected chi connectivity index (χ1v) is 7.93.